The van der Waals surface area contributed by atoms with Gasteiger partial charge in [0.1, 0.15) is 11.9 Å². The average molecular weight is 231 g/mol. The Morgan fingerprint density at radius 1 is 1.41 bits per heavy atom. The molecule has 1 aliphatic rings. The topological polar surface area (TPSA) is 54.7 Å². The Labute approximate surface area is 103 Å². The van der Waals surface area contributed by atoms with Gasteiger partial charge in [-0.1, -0.05) is 13.3 Å². The van der Waals surface area contributed by atoms with Crippen LogP contribution in [0.15, 0.2) is 0 Å². The molecule has 0 radical (unpaired) electrons. The van der Waals surface area contributed by atoms with E-state index in [0.29, 0.717) is 16.8 Å². The Hall–Kier alpha value is -1.43. The molecule has 1 aliphatic carbocycles. The summed E-state index contributed by atoms with van der Waals surface area (Å²) in [6, 6.07) is 2.22. The molecule has 0 atom stereocenters. The van der Waals surface area contributed by atoms with Crippen LogP contribution in [0.4, 0.5) is 5.82 Å². The van der Waals surface area contributed by atoms with Gasteiger partial charge in [-0.05, 0) is 44.1 Å². The van der Waals surface area contributed by atoms with Crippen molar-refractivity contribution in [2.75, 3.05) is 5.73 Å². The average Bonchev–Trinajstić information content (AvgIpc) is 2.46. The summed E-state index contributed by atoms with van der Waals surface area (Å²) in [7, 11) is 0. The lowest BCUT2D eigenvalue weighted by Crippen LogP contribution is -2.34. The van der Waals surface area contributed by atoms with Crippen molar-refractivity contribution in [1.82, 2.24) is 4.57 Å². The smallest absolute Gasteiger partial charge is 0.122 e. The van der Waals surface area contributed by atoms with Gasteiger partial charge in [0.05, 0.1) is 5.56 Å². The monoisotopic (exact) mass is 231 g/mol. The molecular weight excluding hydrogens is 210 g/mol. The highest BCUT2D eigenvalue weighted by atomic mass is 15.1. The lowest BCUT2D eigenvalue weighted by Gasteiger charge is -2.42. The van der Waals surface area contributed by atoms with Crippen molar-refractivity contribution in [2.24, 2.45) is 5.41 Å². The normalized spacial score (nSPS) is 17.5. The van der Waals surface area contributed by atoms with Crippen LogP contribution in [0.1, 0.15) is 49.4 Å². The zero-order valence-corrected chi connectivity index (χ0v) is 11.0. The van der Waals surface area contributed by atoms with Gasteiger partial charge >= 0.3 is 0 Å². The Bertz CT molecular complexity index is 467. The summed E-state index contributed by atoms with van der Waals surface area (Å²) < 4.78 is 2.15. The van der Waals surface area contributed by atoms with Gasteiger partial charge in [0.25, 0.3) is 0 Å². The highest BCUT2D eigenvalue weighted by Gasteiger charge is 2.36. The molecule has 0 unspecified atom stereocenters. The molecule has 0 bridgehead atoms. The summed E-state index contributed by atoms with van der Waals surface area (Å²) in [6.07, 6.45) is 5.12. The molecule has 0 aliphatic heterocycles. The van der Waals surface area contributed by atoms with Crippen LogP contribution >= 0.6 is 0 Å². The molecule has 92 valence electrons. The Kier molecular flexibility index (Phi) is 2.91. The van der Waals surface area contributed by atoms with Gasteiger partial charge in [-0.15, -0.1) is 0 Å². The third kappa shape index (κ3) is 1.72. The fourth-order valence-corrected chi connectivity index (χ4v) is 2.87. The van der Waals surface area contributed by atoms with E-state index < -0.39 is 0 Å². The fraction of sp³-hybridized carbons (Fsp3) is 0.643. The third-order valence-corrected chi connectivity index (χ3v) is 4.64. The third-order valence-electron chi connectivity index (χ3n) is 4.64. The van der Waals surface area contributed by atoms with Crippen molar-refractivity contribution < 1.29 is 0 Å². The van der Waals surface area contributed by atoms with E-state index >= 15 is 0 Å². The molecular formula is C14H21N3. The number of nitrogens with zero attached hydrogens (tertiary/aromatic N) is 2. The molecule has 1 fully saturated rings. The maximum Gasteiger partial charge on any atom is 0.122 e. The van der Waals surface area contributed by atoms with Crippen LogP contribution in [-0.4, -0.2) is 4.57 Å². The van der Waals surface area contributed by atoms with Crippen LogP contribution in [0, 0.1) is 30.6 Å². The van der Waals surface area contributed by atoms with Crippen molar-refractivity contribution in [3.63, 3.8) is 0 Å². The Morgan fingerprint density at radius 2 is 2.06 bits per heavy atom. The van der Waals surface area contributed by atoms with Gasteiger partial charge in [-0.2, -0.15) is 5.26 Å². The number of anilines is 1. The van der Waals surface area contributed by atoms with E-state index in [2.05, 4.69) is 24.5 Å². The largest absolute Gasteiger partial charge is 0.384 e. The van der Waals surface area contributed by atoms with E-state index in [0.717, 1.165) is 17.8 Å². The van der Waals surface area contributed by atoms with Gasteiger partial charge in [-0.25, -0.2) is 0 Å². The number of hydrogen-bond acceptors (Lipinski definition) is 2. The van der Waals surface area contributed by atoms with Crippen LogP contribution in [0.3, 0.4) is 0 Å². The van der Waals surface area contributed by atoms with E-state index in [4.69, 9.17) is 11.0 Å². The van der Waals surface area contributed by atoms with Crippen molar-refractivity contribution in [1.29, 1.82) is 5.26 Å². The first kappa shape index (κ1) is 12.0. The van der Waals surface area contributed by atoms with Gasteiger partial charge < -0.3 is 10.3 Å². The molecule has 3 nitrogen and oxygen atoms in total. The van der Waals surface area contributed by atoms with E-state index in [1.54, 1.807) is 0 Å². The molecule has 0 spiro atoms. The molecule has 0 aromatic carbocycles. The summed E-state index contributed by atoms with van der Waals surface area (Å²) in [5.74, 6) is 0.655. The molecule has 3 heteroatoms. The van der Waals surface area contributed by atoms with Crippen LogP contribution < -0.4 is 5.73 Å². The van der Waals surface area contributed by atoms with Gasteiger partial charge in [0.2, 0.25) is 0 Å². The summed E-state index contributed by atoms with van der Waals surface area (Å²) in [5, 5.41) is 9.12. The standard InChI is InChI=1S/C14H21N3/c1-4-14(6-5-7-14)9-17-11(3)10(2)12(8-15)13(17)16/h4-7,9,16H2,1-3H3. The summed E-state index contributed by atoms with van der Waals surface area (Å²) in [6.45, 7) is 7.28. The van der Waals surface area contributed by atoms with E-state index in [-0.39, 0.29) is 0 Å². The zero-order valence-electron chi connectivity index (χ0n) is 11.0. The van der Waals surface area contributed by atoms with Crippen molar-refractivity contribution in [3.8, 4) is 6.07 Å². The number of nitrogen functional groups attached to an aromatic ring is 1. The maximum absolute atomic E-state index is 9.12. The molecule has 1 saturated carbocycles. The van der Waals surface area contributed by atoms with Crippen LogP contribution in [0.25, 0.3) is 0 Å². The highest BCUT2D eigenvalue weighted by molar-refractivity contribution is 5.57. The second kappa shape index (κ2) is 4.10. The van der Waals surface area contributed by atoms with Gasteiger partial charge in [0, 0.05) is 12.2 Å². The van der Waals surface area contributed by atoms with Crippen molar-refractivity contribution in [3.05, 3.63) is 16.8 Å². The molecule has 17 heavy (non-hydrogen) atoms. The lowest BCUT2D eigenvalue weighted by molar-refractivity contribution is 0.101. The molecule has 2 rings (SSSR count). The van der Waals surface area contributed by atoms with Crippen molar-refractivity contribution in [2.45, 2.75) is 53.0 Å². The number of hydrogen-bond donors (Lipinski definition) is 1. The predicted octanol–water partition coefficient (Wildman–Crippen LogP) is 3.14. The second-order valence-corrected chi connectivity index (χ2v) is 5.38. The van der Waals surface area contributed by atoms with E-state index in [9.17, 15) is 0 Å². The number of rotatable bonds is 3. The summed E-state index contributed by atoms with van der Waals surface area (Å²) >= 11 is 0. The van der Waals surface area contributed by atoms with Gasteiger partial charge in [-0.3, -0.25) is 0 Å². The first-order valence-corrected chi connectivity index (χ1v) is 6.40. The molecule has 2 N–H and O–H groups in total. The minimum atomic E-state index is 0.428. The number of nitrogens with two attached hydrogens (primary N) is 1. The summed E-state index contributed by atoms with van der Waals surface area (Å²) in [5.41, 5.74) is 9.37. The van der Waals surface area contributed by atoms with Crippen LogP contribution in [0.5, 0.6) is 0 Å². The first-order chi connectivity index (χ1) is 8.04. The first-order valence-electron chi connectivity index (χ1n) is 6.40. The SMILES string of the molecule is CCC1(Cn2c(C)c(C)c(C#N)c2N)CCC1. The van der Waals surface area contributed by atoms with E-state index in [1.165, 1.54) is 25.7 Å². The molecule has 1 heterocycles. The second-order valence-electron chi connectivity index (χ2n) is 5.38. The number of nitriles is 1. The quantitative estimate of drug-likeness (QED) is 0.868. The number of aromatic nitrogens is 1. The lowest BCUT2D eigenvalue weighted by atomic mass is 9.67. The van der Waals surface area contributed by atoms with Crippen molar-refractivity contribution >= 4 is 5.82 Å². The predicted molar refractivity (Wildman–Crippen MR) is 69.6 cm³/mol. The van der Waals surface area contributed by atoms with Crippen LogP contribution in [0.2, 0.25) is 0 Å². The highest BCUT2D eigenvalue weighted by Crippen LogP contribution is 2.46. The fourth-order valence-electron chi connectivity index (χ4n) is 2.87. The summed E-state index contributed by atoms with van der Waals surface area (Å²) in [4.78, 5) is 0. The zero-order chi connectivity index (χ0) is 12.6. The molecule has 1 aromatic heterocycles. The molecule has 1 aromatic rings. The van der Waals surface area contributed by atoms with Crippen LogP contribution in [-0.2, 0) is 6.54 Å². The molecule has 0 saturated heterocycles. The van der Waals surface area contributed by atoms with E-state index in [1.807, 2.05) is 6.92 Å². The maximum atomic E-state index is 9.12. The molecule has 0 amide bonds. The minimum absolute atomic E-state index is 0.428. The Morgan fingerprint density at radius 3 is 2.41 bits per heavy atom. The van der Waals surface area contributed by atoms with Gasteiger partial charge in [0.15, 0.2) is 0 Å². The minimum Gasteiger partial charge on any atom is -0.384 e. The Balaban J connectivity index is 2.37.